The summed E-state index contributed by atoms with van der Waals surface area (Å²) in [5.41, 5.74) is 7.51. The highest BCUT2D eigenvalue weighted by Gasteiger charge is 2.47. The second kappa shape index (κ2) is 5.55. The van der Waals surface area contributed by atoms with Gasteiger partial charge in [0.05, 0.1) is 23.6 Å². The molecule has 5 heteroatoms. The number of hydrogen-bond donors (Lipinski definition) is 2. The minimum Gasteiger partial charge on any atom is -0.376 e. The third kappa shape index (κ3) is 2.49. The van der Waals surface area contributed by atoms with Crippen LogP contribution in [0, 0.1) is 29.1 Å². The lowest BCUT2D eigenvalue weighted by Gasteiger charge is -2.34. The van der Waals surface area contributed by atoms with Crippen LogP contribution in [0.3, 0.4) is 0 Å². The summed E-state index contributed by atoms with van der Waals surface area (Å²) >= 11 is 4.84. The molecular weight excluding hydrogens is 282 g/mol. The predicted octanol–water partition coefficient (Wildman–Crippen LogP) is 1.24. The Morgan fingerprint density at radius 1 is 1.71 bits per heavy atom. The van der Waals surface area contributed by atoms with E-state index in [2.05, 4.69) is 17.3 Å². The summed E-state index contributed by atoms with van der Waals surface area (Å²) in [5, 5.41) is 11.9. The maximum Gasteiger partial charge on any atom is 0.164 e. The molecule has 1 unspecified atom stereocenters. The first kappa shape index (κ1) is 15.0. The van der Waals surface area contributed by atoms with E-state index in [0.717, 1.165) is 17.4 Å². The quantitative estimate of drug-likeness (QED) is 0.498. The molecule has 1 aromatic rings. The van der Waals surface area contributed by atoms with E-state index < -0.39 is 11.5 Å². The van der Waals surface area contributed by atoms with Gasteiger partial charge in [-0.15, -0.1) is 6.42 Å². The van der Waals surface area contributed by atoms with Gasteiger partial charge >= 0.3 is 0 Å². The van der Waals surface area contributed by atoms with Crippen molar-refractivity contribution < 1.29 is 4.79 Å². The molecular formula is C16H15N3OS. The number of thiocarbonyl (C=S) groups is 1. The van der Waals surface area contributed by atoms with E-state index in [1.807, 2.05) is 13.0 Å². The monoisotopic (exact) mass is 297 g/mol. The summed E-state index contributed by atoms with van der Waals surface area (Å²) in [7, 11) is 0. The summed E-state index contributed by atoms with van der Waals surface area (Å²) in [6.07, 6.45) is 7.12. The van der Waals surface area contributed by atoms with Crippen LogP contribution in [-0.4, -0.2) is 17.4 Å². The maximum absolute atomic E-state index is 11.5. The Kier molecular flexibility index (Phi) is 3.97. The van der Waals surface area contributed by atoms with E-state index in [9.17, 15) is 4.79 Å². The summed E-state index contributed by atoms with van der Waals surface area (Å²) in [6.45, 7) is 1.94. The molecule has 0 aliphatic heterocycles. The smallest absolute Gasteiger partial charge is 0.164 e. The first-order valence-corrected chi connectivity index (χ1v) is 6.87. The molecule has 4 nitrogen and oxygen atoms in total. The second-order valence-electron chi connectivity index (χ2n) is 5.43. The van der Waals surface area contributed by atoms with E-state index in [-0.39, 0.29) is 11.0 Å². The lowest BCUT2D eigenvalue weighted by Crippen LogP contribution is -2.51. The van der Waals surface area contributed by atoms with Crippen molar-refractivity contribution in [1.29, 1.82) is 5.26 Å². The molecule has 0 aromatic heterocycles. The number of carbonyl (C=O) groups is 1. The molecule has 106 valence electrons. The summed E-state index contributed by atoms with van der Waals surface area (Å²) in [4.78, 5) is 11.5. The van der Waals surface area contributed by atoms with Crippen molar-refractivity contribution in [3.63, 3.8) is 0 Å². The standard InChI is InChI=1S/C16H15N3OS/c1-3-13-12-6-10(8-17)4-5-11(12)7-16(13,2)14(9-20)19-15(18)21/h1,4-6,9,13-14H,7H2,2H3,(H3,18,19,21)/t13-,14?,16+/m0/s1. The lowest BCUT2D eigenvalue weighted by atomic mass is 9.72. The number of aldehydes is 1. The largest absolute Gasteiger partial charge is 0.376 e. The molecule has 2 rings (SSSR count). The van der Waals surface area contributed by atoms with Crippen molar-refractivity contribution >= 4 is 23.6 Å². The maximum atomic E-state index is 11.5. The Balaban J connectivity index is 2.48. The molecule has 3 N–H and O–H groups in total. The first-order chi connectivity index (χ1) is 9.96. The van der Waals surface area contributed by atoms with Gasteiger partial charge in [-0.2, -0.15) is 5.26 Å². The number of rotatable bonds is 3. The number of hydrogen-bond acceptors (Lipinski definition) is 3. The molecule has 0 saturated heterocycles. The van der Waals surface area contributed by atoms with Gasteiger partial charge < -0.3 is 15.8 Å². The third-order valence-corrected chi connectivity index (χ3v) is 4.25. The minimum atomic E-state index is -0.575. The molecule has 0 heterocycles. The highest BCUT2D eigenvalue weighted by molar-refractivity contribution is 7.80. The molecule has 1 aromatic carbocycles. The molecule has 0 fully saturated rings. The Bertz CT molecular complexity index is 686. The fraction of sp³-hybridized carbons (Fsp3) is 0.312. The fourth-order valence-corrected chi connectivity index (χ4v) is 3.17. The molecule has 0 bridgehead atoms. The van der Waals surface area contributed by atoms with Gasteiger partial charge in [0.2, 0.25) is 0 Å². The number of nitrogens with two attached hydrogens (primary N) is 1. The van der Waals surface area contributed by atoms with Crippen molar-refractivity contribution in [2.24, 2.45) is 11.1 Å². The molecule has 0 saturated carbocycles. The zero-order chi connectivity index (χ0) is 15.6. The summed E-state index contributed by atoms with van der Waals surface area (Å²) in [5.74, 6) is 2.48. The predicted molar refractivity (Wildman–Crippen MR) is 84.3 cm³/mol. The SMILES string of the molecule is C#C[C@H]1c2cc(C#N)ccc2C[C@@]1(C)C(C=O)NC(N)=S. The van der Waals surface area contributed by atoms with Crippen molar-refractivity contribution in [2.75, 3.05) is 0 Å². The molecule has 0 radical (unpaired) electrons. The Morgan fingerprint density at radius 2 is 2.43 bits per heavy atom. The average molecular weight is 297 g/mol. The Morgan fingerprint density at radius 3 is 2.95 bits per heavy atom. The van der Waals surface area contributed by atoms with Crippen LogP contribution >= 0.6 is 12.2 Å². The minimum absolute atomic E-state index is 0.0674. The van der Waals surface area contributed by atoms with Gasteiger partial charge in [-0.05, 0) is 41.9 Å². The highest BCUT2D eigenvalue weighted by Crippen LogP contribution is 2.48. The molecule has 21 heavy (non-hydrogen) atoms. The molecule has 0 amide bonds. The number of nitrogens with zero attached hydrogens (tertiary/aromatic N) is 1. The van der Waals surface area contributed by atoms with Crippen LogP contribution in [0.4, 0.5) is 0 Å². The van der Waals surface area contributed by atoms with Crippen LogP contribution in [0.1, 0.15) is 29.5 Å². The summed E-state index contributed by atoms with van der Waals surface area (Å²) < 4.78 is 0. The zero-order valence-corrected chi connectivity index (χ0v) is 12.4. The normalized spacial score (nSPS) is 24.2. The van der Waals surface area contributed by atoms with Crippen molar-refractivity contribution in [3.8, 4) is 18.4 Å². The summed E-state index contributed by atoms with van der Waals surface area (Å²) in [6, 6.07) is 6.99. The van der Waals surface area contributed by atoms with Crippen LogP contribution in [0.5, 0.6) is 0 Å². The molecule has 0 spiro atoms. The van der Waals surface area contributed by atoms with E-state index in [4.69, 9.17) is 29.6 Å². The van der Waals surface area contributed by atoms with E-state index in [1.165, 1.54) is 0 Å². The van der Waals surface area contributed by atoms with E-state index in [1.54, 1.807) is 12.1 Å². The van der Waals surface area contributed by atoms with Crippen molar-refractivity contribution in [1.82, 2.24) is 5.32 Å². The third-order valence-electron chi connectivity index (χ3n) is 4.13. The van der Waals surface area contributed by atoms with Crippen LogP contribution in [0.25, 0.3) is 0 Å². The van der Waals surface area contributed by atoms with Crippen LogP contribution < -0.4 is 11.1 Å². The van der Waals surface area contributed by atoms with Gasteiger partial charge in [0, 0.05) is 5.41 Å². The van der Waals surface area contributed by atoms with E-state index >= 15 is 0 Å². The second-order valence-corrected chi connectivity index (χ2v) is 5.87. The zero-order valence-electron chi connectivity index (χ0n) is 11.6. The van der Waals surface area contributed by atoms with Crippen LogP contribution in [0.15, 0.2) is 18.2 Å². The average Bonchev–Trinajstić information content (AvgIpc) is 2.75. The first-order valence-electron chi connectivity index (χ1n) is 6.46. The van der Waals surface area contributed by atoms with Gasteiger partial charge in [-0.3, -0.25) is 0 Å². The van der Waals surface area contributed by atoms with Gasteiger partial charge in [0.15, 0.2) is 5.11 Å². The van der Waals surface area contributed by atoms with Crippen LogP contribution in [0.2, 0.25) is 0 Å². The molecule has 1 aliphatic carbocycles. The number of carbonyl (C=O) groups excluding carboxylic acids is 1. The van der Waals surface area contributed by atoms with Gasteiger partial charge in [0.25, 0.3) is 0 Å². The number of fused-ring (bicyclic) bond motifs is 1. The van der Waals surface area contributed by atoms with Crippen molar-refractivity contribution in [2.45, 2.75) is 25.3 Å². The number of benzene rings is 1. The number of terminal acetylenes is 1. The fourth-order valence-electron chi connectivity index (χ4n) is 3.04. The van der Waals surface area contributed by atoms with Gasteiger partial charge in [-0.1, -0.05) is 18.9 Å². The Hall–Kier alpha value is -2.37. The molecule has 1 aliphatic rings. The lowest BCUT2D eigenvalue weighted by molar-refractivity contribution is -0.111. The topological polar surface area (TPSA) is 78.9 Å². The van der Waals surface area contributed by atoms with Crippen LogP contribution in [-0.2, 0) is 11.2 Å². The number of nitrogens with one attached hydrogen (secondary N) is 1. The van der Waals surface area contributed by atoms with E-state index in [0.29, 0.717) is 12.0 Å². The van der Waals surface area contributed by atoms with Crippen molar-refractivity contribution in [3.05, 3.63) is 34.9 Å². The molecule has 3 atom stereocenters. The Labute approximate surface area is 129 Å². The highest BCUT2D eigenvalue weighted by atomic mass is 32.1. The van der Waals surface area contributed by atoms with Gasteiger partial charge in [0.1, 0.15) is 6.29 Å². The van der Waals surface area contributed by atoms with Gasteiger partial charge in [-0.25, -0.2) is 0 Å². The number of nitriles is 1.